The Labute approximate surface area is 145 Å². The van der Waals surface area contributed by atoms with Gasteiger partial charge in [-0.25, -0.2) is 4.79 Å². The summed E-state index contributed by atoms with van der Waals surface area (Å²) in [6.07, 6.45) is 0.944. The Morgan fingerprint density at radius 2 is 2.17 bits per heavy atom. The van der Waals surface area contributed by atoms with Crippen molar-refractivity contribution in [3.05, 3.63) is 46.3 Å². The van der Waals surface area contributed by atoms with E-state index in [4.69, 9.17) is 4.42 Å². The number of benzene rings is 1. The number of fused-ring (bicyclic) bond motifs is 1. The van der Waals surface area contributed by atoms with Gasteiger partial charge < -0.3 is 14.2 Å². The zero-order valence-electron chi connectivity index (χ0n) is 14.0. The summed E-state index contributed by atoms with van der Waals surface area (Å²) in [6, 6.07) is 9.03. The van der Waals surface area contributed by atoms with E-state index in [1.165, 1.54) is 0 Å². The van der Waals surface area contributed by atoms with Crippen molar-refractivity contribution in [1.82, 2.24) is 9.80 Å². The van der Waals surface area contributed by atoms with Crippen LogP contribution in [-0.2, 0) is 0 Å². The predicted molar refractivity (Wildman–Crippen MR) is 97.8 cm³/mol. The SMILES string of the molecule is CN(C)C[C@H]1CSCCCN1C(=O)c1cc2ccccc2oc1=O. The summed E-state index contributed by atoms with van der Waals surface area (Å²) in [7, 11) is 4.01. The molecule has 0 bridgehead atoms. The van der Waals surface area contributed by atoms with E-state index < -0.39 is 5.63 Å². The highest BCUT2D eigenvalue weighted by atomic mass is 32.2. The van der Waals surface area contributed by atoms with Crippen LogP contribution in [0.5, 0.6) is 0 Å². The maximum Gasteiger partial charge on any atom is 0.349 e. The van der Waals surface area contributed by atoms with Crippen molar-refractivity contribution < 1.29 is 9.21 Å². The van der Waals surface area contributed by atoms with Gasteiger partial charge in [-0.1, -0.05) is 18.2 Å². The summed E-state index contributed by atoms with van der Waals surface area (Å²) in [5.41, 5.74) is 0.0823. The van der Waals surface area contributed by atoms with Crippen LogP contribution in [0, 0.1) is 0 Å². The fourth-order valence-corrected chi connectivity index (χ4v) is 4.09. The number of para-hydroxylation sites is 1. The lowest BCUT2D eigenvalue weighted by atomic mass is 10.1. The monoisotopic (exact) mass is 346 g/mol. The van der Waals surface area contributed by atoms with Crippen LogP contribution in [0.3, 0.4) is 0 Å². The van der Waals surface area contributed by atoms with E-state index in [9.17, 15) is 9.59 Å². The Bertz CT molecular complexity index is 787. The summed E-state index contributed by atoms with van der Waals surface area (Å²) in [6.45, 7) is 1.47. The van der Waals surface area contributed by atoms with Crippen molar-refractivity contribution in [2.75, 3.05) is 38.7 Å². The Hall–Kier alpha value is -1.79. The molecule has 0 unspecified atom stereocenters. The van der Waals surface area contributed by atoms with Gasteiger partial charge in [0.2, 0.25) is 0 Å². The topological polar surface area (TPSA) is 53.8 Å². The smallest absolute Gasteiger partial charge is 0.349 e. The normalized spacial score (nSPS) is 18.8. The van der Waals surface area contributed by atoms with Crippen LogP contribution < -0.4 is 5.63 Å². The summed E-state index contributed by atoms with van der Waals surface area (Å²) in [4.78, 5) is 29.3. The lowest BCUT2D eigenvalue weighted by molar-refractivity contribution is 0.0671. The molecule has 6 heteroatoms. The Balaban J connectivity index is 1.96. The van der Waals surface area contributed by atoms with Gasteiger partial charge in [0.1, 0.15) is 11.1 Å². The van der Waals surface area contributed by atoms with Crippen molar-refractivity contribution >= 4 is 28.6 Å². The molecule has 0 saturated carbocycles. The maximum absolute atomic E-state index is 13.0. The molecule has 1 atom stereocenters. The number of thioether (sulfide) groups is 1. The first-order chi connectivity index (χ1) is 11.6. The molecular formula is C18H22N2O3S. The van der Waals surface area contributed by atoms with Crippen LogP contribution in [0.4, 0.5) is 0 Å². The van der Waals surface area contributed by atoms with Crippen molar-refractivity contribution in [2.24, 2.45) is 0 Å². The summed E-state index contributed by atoms with van der Waals surface area (Å²) >= 11 is 1.87. The summed E-state index contributed by atoms with van der Waals surface area (Å²) in [5, 5.41) is 0.772. The minimum Gasteiger partial charge on any atom is -0.422 e. The summed E-state index contributed by atoms with van der Waals surface area (Å²) in [5.74, 6) is 1.71. The number of likely N-dealkylation sites (N-methyl/N-ethyl adjacent to an activating group) is 1. The van der Waals surface area contributed by atoms with Gasteiger partial charge in [-0.15, -0.1) is 0 Å². The number of amides is 1. The van der Waals surface area contributed by atoms with Gasteiger partial charge in [0.25, 0.3) is 5.91 Å². The van der Waals surface area contributed by atoms with Crippen LogP contribution in [0.25, 0.3) is 11.0 Å². The minimum absolute atomic E-state index is 0.103. The third-order valence-corrected chi connectivity index (χ3v) is 5.35. The molecule has 0 spiro atoms. The molecule has 0 aliphatic carbocycles. The fraction of sp³-hybridized carbons (Fsp3) is 0.444. The minimum atomic E-state index is -0.556. The van der Waals surface area contributed by atoms with E-state index in [1.54, 1.807) is 12.1 Å². The fourth-order valence-electron chi connectivity index (χ4n) is 3.03. The van der Waals surface area contributed by atoms with Gasteiger partial charge in [0.15, 0.2) is 0 Å². The van der Waals surface area contributed by atoms with Crippen molar-refractivity contribution in [3.63, 3.8) is 0 Å². The second-order valence-corrected chi connectivity index (χ2v) is 7.48. The molecule has 5 nitrogen and oxygen atoms in total. The number of hydrogen-bond acceptors (Lipinski definition) is 5. The lowest BCUT2D eigenvalue weighted by Crippen LogP contribution is -2.47. The zero-order chi connectivity index (χ0) is 17.1. The molecule has 2 aromatic rings. The van der Waals surface area contributed by atoms with Gasteiger partial charge in [0.05, 0.1) is 6.04 Å². The van der Waals surface area contributed by atoms with Gasteiger partial charge in [0, 0.05) is 24.2 Å². The van der Waals surface area contributed by atoms with Crippen molar-refractivity contribution in [1.29, 1.82) is 0 Å². The van der Waals surface area contributed by atoms with Crippen molar-refractivity contribution in [3.8, 4) is 0 Å². The van der Waals surface area contributed by atoms with E-state index in [2.05, 4.69) is 4.90 Å². The van der Waals surface area contributed by atoms with Gasteiger partial charge >= 0.3 is 5.63 Å². The predicted octanol–water partition coefficient (Wildman–Crippen LogP) is 2.30. The average molecular weight is 346 g/mol. The molecule has 1 aromatic heterocycles. The molecule has 0 N–H and O–H groups in total. The molecular weight excluding hydrogens is 324 g/mol. The number of nitrogens with zero attached hydrogens (tertiary/aromatic N) is 2. The maximum atomic E-state index is 13.0. The number of carbonyl (C=O) groups is 1. The van der Waals surface area contributed by atoms with E-state index in [-0.39, 0.29) is 17.5 Å². The second kappa shape index (κ2) is 7.40. The number of hydrogen-bond donors (Lipinski definition) is 0. The van der Waals surface area contributed by atoms with E-state index in [0.29, 0.717) is 12.1 Å². The molecule has 128 valence electrons. The first-order valence-electron chi connectivity index (χ1n) is 8.12. The number of carbonyl (C=O) groups excluding carboxylic acids is 1. The van der Waals surface area contributed by atoms with Crippen LogP contribution in [0.2, 0.25) is 0 Å². The standard InChI is InChI=1S/C18H22N2O3S/c1-19(2)11-14-12-24-9-5-8-20(14)17(21)15-10-13-6-3-4-7-16(13)23-18(15)22/h3-4,6-7,10,14H,5,8-9,11-12H2,1-2H3/t14-/m0/s1. The molecule has 24 heavy (non-hydrogen) atoms. The molecule has 1 aliphatic heterocycles. The van der Waals surface area contributed by atoms with Gasteiger partial charge in [-0.2, -0.15) is 11.8 Å². The van der Waals surface area contributed by atoms with E-state index in [1.807, 2.05) is 49.0 Å². The third kappa shape index (κ3) is 3.65. The molecule has 1 amide bonds. The lowest BCUT2D eigenvalue weighted by Gasteiger charge is -2.31. The van der Waals surface area contributed by atoms with Crippen LogP contribution >= 0.6 is 11.8 Å². The van der Waals surface area contributed by atoms with E-state index >= 15 is 0 Å². The van der Waals surface area contributed by atoms with Gasteiger partial charge in [-0.05, 0) is 38.4 Å². The Morgan fingerprint density at radius 3 is 2.96 bits per heavy atom. The molecule has 1 aliphatic rings. The largest absolute Gasteiger partial charge is 0.422 e. The highest BCUT2D eigenvalue weighted by Crippen LogP contribution is 2.20. The highest BCUT2D eigenvalue weighted by Gasteiger charge is 2.29. The molecule has 0 radical (unpaired) electrons. The first kappa shape index (κ1) is 17.0. The van der Waals surface area contributed by atoms with E-state index in [0.717, 1.165) is 29.9 Å². The molecule has 1 aromatic carbocycles. The van der Waals surface area contributed by atoms with Gasteiger partial charge in [-0.3, -0.25) is 4.79 Å². The van der Waals surface area contributed by atoms with Crippen LogP contribution in [0.1, 0.15) is 16.8 Å². The van der Waals surface area contributed by atoms with Crippen LogP contribution in [0.15, 0.2) is 39.5 Å². The molecule has 3 rings (SSSR count). The quantitative estimate of drug-likeness (QED) is 0.798. The first-order valence-corrected chi connectivity index (χ1v) is 9.28. The molecule has 1 saturated heterocycles. The third-order valence-electron chi connectivity index (χ3n) is 4.15. The van der Waals surface area contributed by atoms with Crippen molar-refractivity contribution in [2.45, 2.75) is 12.5 Å². The van der Waals surface area contributed by atoms with Crippen LogP contribution in [-0.4, -0.2) is 60.4 Å². The Kier molecular flexibility index (Phi) is 5.26. The Morgan fingerprint density at radius 1 is 1.38 bits per heavy atom. The molecule has 2 heterocycles. The molecule has 1 fully saturated rings. The zero-order valence-corrected chi connectivity index (χ0v) is 14.8. The number of rotatable bonds is 3. The average Bonchev–Trinajstić information content (AvgIpc) is 2.78. The summed E-state index contributed by atoms with van der Waals surface area (Å²) < 4.78 is 5.33. The second-order valence-electron chi connectivity index (χ2n) is 6.33. The highest BCUT2D eigenvalue weighted by molar-refractivity contribution is 7.99.